The maximum absolute atomic E-state index is 13.2. The van der Waals surface area contributed by atoms with Gasteiger partial charge in [0.25, 0.3) is 5.91 Å². The molecule has 0 saturated carbocycles. The maximum Gasteiger partial charge on any atom is 0.255 e. The lowest BCUT2D eigenvalue weighted by Gasteiger charge is -2.19. The molecular formula is C24H26N2O5S. The molecular weight excluding hydrogens is 428 g/mol. The predicted molar refractivity (Wildman–Crippen MR) is 124 cm³/mol. The van der Waals surface area contributed by atoms with Crippen molar-refractivity contribution in [3.8, 4) is 11.5 Å². The van der Waals surface area contributed by atoms with Crippen LogP contribution in [0.3, 0.4) is 0 Å². The molecule has 3 rings (SSSR count). The first-order chi connectivity index (χ1) is 15.3. The first kappa shape index (κ1) is 23.3. The van der Waals surface area contributed by atoms with Crippen LogP contribution in [0.2, 0.25) is 0 Å². The van der Waals surface area contributed by atoms with Crippen molar-refractivity contribution in [2.75, 3.05) is 26.1 Å². The van der Waals surface area contributed by atoms with Crippen LogP contribution in [-0.2, 0) is 16.6 Å². The standard InChI is InChI=1S/C24H26N2O5S/c1-4-31-23-15-14-21(16-22(23)25-24(27)19-8-6-5-7-9-19)32(28,29)26(2)17-18-10-12-20(30-3)13-11-18/h5-16H,4,17H2,1-3H3,(H,25,27). The molecule has 0 heterocycles. The number of methoxy groups -OCH3 is 1. The molecule has 0 aromatic heterocycles. The van der Waals surface area contributed by atoms with Gasteiger partial charge in [-0.05, 0) is 55.0 Å². The fraction of sp³-hybridized carbons (Fsp3) is 0.208. The third-order valence-electron chi connectivity index (χ3n) is 4.81. The molecule has 0 spiro atoms. The van der Waals surface area contributed by atoms with Crippen LogP contribution >= 0.6 is 0 Å². The molecule has 0 aliphatic carbocycles. The Morgan fingerprint density at radius 1 is 1.00 bits per heavy atom. The Labute approximate surface area is 188 Å². The molecule has 1 N–H and O–H groups in total. The van der Waals surface area contributed by atoms with Gasteiger partial charge in [0, 0.05) is 19.2 Å². The van der Waals surface area contributed by atoms with Crippen molar-refractivity contribution in [3.05, 3.63) is 83.9 Å². The van der Waals surface area contributed by atoms with Crippen LogP contribution in [0.15, 0.2) is 77.7 Å². The quantitative estimate of drug-likeness (QED) is 0.525. The van der Waals surface area contributed by atoms with Crippen LogP contribution in [-0.4, -0.2) is 39.4 Å². The zero-order valence-corrected chi connectivity index (χ0v) is 19.1. The summed E-state index contributed by atoms with van der Waals surface area (Å²) < 4.78 is 38.4. The van der Waals surface area contributed by atoms with Gasteiger partial charge in [0.15, 0.2) is 0 Å². The summed E-state index contributed by atoms with van der Waals surface area (Å²) in [4.78, 5) is 12.7. The van der Waals surface area contributed by atoms with E-state index in [4.69, 9.17) is 9.47 Å². The van der Waals surface area contributed by atoms with E-state index in [0.29, 0.717) is 29.4 Å². The lowest BCUT2D eigenvalue weighted by atomic mass is 10.2. The van der Waals surface area contributed by atoms with E-state index < -0.39 is 10.0 Å². The summed E-state index contributed by atoms with van der Waals surface area (Å²) in [7, 11) is -0.725. The number of benzene rings is 3. The number of nitrogens with zero attached hydrogens (tertiary/aromatic N) is 1. The van der Waals surface area contributed by atoms with Crippen molar-refractivity contribution >= 4 is 21.6 Å². The minimum absolute atomic E-state index is 0.0559. The number of amides is 1. The molecule has 0 fully saturated rings. The second-order valence-electron chi connectivity index (χ2n) is 7.02. The predicted octanol–water partition coefficient (Wildman–Crippen LogP) is 4.17. The van der Waals surface area contributed by atoms with Gasteiger partial charge in [-0.3, -0.25) is 4.79 Å². The van der Waals surface area contributed by atoms with E-state index in [1.165, 1.54) is 23.5 Å². The number of carbonyl (C=O) groups is 1. The summed E-state index contributed by atoms with van der Waals surface area (Å²) in [6.45, 7) is 2.37. The third-order valence-corrected chi connectivity index (χ3v) is 6.61. The first-order valence-electron chi connectivity index (χ1n) is 10.1. The Balaban J connectivity index is 1.86. The minimum Gasteiger partial charge on any atom is -0.497 e. The van der Waals surface area contributed by atoms with Gasteiger partial charge in [0.05, 0.1) is 24.3 Å². The highest BCUT2D eigenvalue weighted by Crippen LogP contribution is 2.30. The van der Waals surface area contributed by atoms with Crippen molar-refractivity contribution in [2.45, 2.75) is 18.4 Å². The van der Waals surface area contributed by atoms with Crippen LogP contribution in [0.25, 0.3) is 0 Å². The van der Waals surface area contributed by atoms with E-state index >= 15 is 0 Å². The van der Waals surface area contributed by atoms with Gasteiger partial charge in [0.1, 0.15) is 11.5 Å². The van der Waals surface area contributed by atoms with Gasteiger partial charge in [-0.2, -0.15) is 4.31 Å². The minimum atomic E-state index is -3.81. The van der Waals surface area contributed by atoms with Crippen LogP contribution in [0.5, 0.6) is 11.5 Å². The van der Waals surface area contributed by atoms with Crippen molar-refractivity contribution in [3.63, 3.8) is 0 Å². The largest absolute Gasteiger partial charge is 0.497 e. The van der Waals surface area contributed by atoms with E-state index in [1.54, 1.807) is 49.6 Å². The molecule has 32 heavy (non-hydrogen) atoms. The normalized spacial score (nSPS) is 11.2. The zero-order valence-electron chi connectivity index (χ0n) is 18.2. The molecule has 1 amide bonds. The Morgan fingerprint density at radius 2 is 1.69 bits per heavy atom. The molecule has 0 atom stereocenters. The van der Waals surface area contributed by atoms with E-state index in [2.05, 4.69) is 5.32 Å². The van der Waals surface area contributed by atoms with Crippen molar-refractivity contribution in [1.82, 2.24) is 4.31 Å². The monoisotopic (exact) mass is 454 g/mol. The highest BCUT2D eigenvalue weighted by molar-refractivity contribution is 7.89. The summed E-state index contributed by atoms with van der Waals surface area (Å²) in [5, 5.41) is 2.76. The number of sulfonamides is 1. The maximum atomic E-state index is 13.2. The Kier molecular flexibility index (Phi) is 7.50. The topological polar surface area (TPSA) is 84.9 Å². The van der Waals surface area contributed by atoms with Gasteiger partial charge in [0.2, 0.25) is 10.0 Å². The Bertz CT molecular complexity index is 1160. The summed E-state index contributed by atoms with van der Waals surface area (Å²) in [6.07, 6.45) is 0. The number of ether oxygens (including phenoxy) is 2. The molecule has 3 aromatic carbocycles. The van der Waals surface area contributed by atoms with Crippen LogP contribution < -0.4 is 14.8 Å². The van der Waals surface area contributed by atoms with Crippen LogP contribution in [0.1, 0.15) is 22.8 Å². The van der Waals surface area contributed by atoms with Gasteiger partial charge < -0.3 is 14.8 Å². The molecule has 3 aromatic rings. The number of hydrogen-bond donors (Lipinski definition) is 1. The first-order valence-corrected chi connectivity index (χ1v) is 11.5. The average Bonchev–Trinajstić information content (AvgIpc) is 2.81. The second kappa shape index (κ2) is 10.3. The van der Waals surface area contributed by atoms with E-state index in [0.717, 1.165) is 5.56 Å². The lowest BCUT2D eigenvalue weighted by molar-refractivity contribution is 0.102. The summed E-state index contributed by atoms with van der Waals surface area (Å²) in [5.41, 5.74) is 1.57. The number of anilines is 1. The lowest BCUT2D eigenvalue weighted by Crippen LogP contribution is -2.26. The zero-order chi connectivity index (χ0) is 23.1. The second-order valence-corrected chi connectivity index (χ2v) is 9.07. The van der Waals surface area contributed by atoms with Gasteiger partial charge in [-0.25, -0.2) is 8.42 Å². The fourth-order valence-electron chi connectivity index (χ4n) is 3.09. The number of hydrogen-bond acceptors (Lipinski definition) is 5. The molecule has 0 bridgehead atoms. The Hall–Kier alpha value is -3.36. The van der Waals surface area contributed by atoms with Gasteiger partial charge in [-0.1, -0.05) is 30.3 Å². The summed E-state index contributed by atoms with van der Waals surface area (Å²) >= 11 is 0. The van der Waals surface area contributed by atoms with Gasteiger partial charge in [-0.15, -0.1) is 0 Å². The van der Waals surface area contributed by atoms with Gasteiger partial charge >= 0.3 is 0 Å². The van der Waals surface area contributed by atoms with E-state index in [9.17, 15) is 13.2 Å². The molecule has 0 aliphatic heterocycles. The van der Waals surface area contributed by atoms with E-state index in [-0.39, 0.29) is 17.3 Å². The van der Waals surface area contributed by atoms with Crippen LogP contribution in [0, 0.1) is 0 Å². The molecule has 0 unspecified atom stereocenters. The number of carbonyl (C=O) groups excluding carboxylic acids is 1. The SMILES string of the molecule is CCOc1ccc(S(=O)(=O)N(C)Cc2ccc(OC)cc2)cc1NC(=O)c1ccccc1. The molecule has 7 nitrogen and oxygen atoms in total. The molecule has 0 radical (unpaired) electrons. The van der Waals surface area contributed by atoms with Crippen molar-refractivity contribution < 1.29 is 22.7 Å². The average molecular weight is 455 g/mol. The third kappa shape index (κ3) is 5.46. The van der Waals surface area contributed by atoms with E-state index in [1.807, 2.05) is 25.1 Å². The fourth-order valence-corrected chi connectivity index (χ4v) is 4.27. The Morgan fingerprint density at radius 3 is 2.31 bits per heavy atom. The van der Waals surface area contributed by atoms with Crippen molar-refractivity contribution in [2.24, 2.45) is 0 Å². The molecule has 0 saturated heterocycles. The van der Waals surface area contributed by atoms with Crippen molar-refractivity contribution in [1.29, 1.82) is 0 Å². The van der Waals surface area contributed by atoms with Crippen LogP contribution in [0.4, 0.5) is 5.69 Å². The highest BCUT2D eigenvalue weighted by atomic mass is 32.2. The number of rotatable bonds is 9. The molecule has 8 heteroatoms. The summed E-state index contributed by atoms with van der Waals surface area (Å²) in [5.74, 6) is 0.741. The smallest absolute Gasteiger partial charge is 0.255 e. The number of nitrogens with one attached hydrogen (secondary N) is 1. The summed E-state index contributed by atoms with van der Waals surface area (Å²) in [6, 6.07) is 20.3. The highest BCUT2D eigenvalue weighted by Gasteiger charge is 2.23. The molecule has 168 valence electrons. The molecule has 0 aliphatic rings.